The van der Waals surface area contributed by atoms with Gasteiger partial charge in [0.1, 0.15) is 0 Å². The summed E-state index contributed by atoms with van der Waals surface area (Å²) >= 11 is 0. The van der Waals surface area contributed by atoms with Crippen molar-refractivity contribution in [1.82, 2.24) is 0 Å². The van der Waals surface area contributed by atoms with Gasteiger partial charge in [0.15, 0.2) is 0 Å². The predicted molar refractivity (Wildman–Crippen MR) is 94.6 cm³/mol. The Hall–Kier alpha value is -2.11. The highest BCUT2D eigenvalue weighted by Gasteiger charge is 2.08. The van der Waals surface area contributed by atoms with E-state index in [9.17, 15) is 14.4 Å². The molecule has 0 heterocycles. The largest absolute Gasteiger partial charge is 0.481 e. The second-order valence-electron chi connectivity index (χ2n) is 6.13. The fourth-order valence-electron chi connectivity index (χ4n) is 1.37. The summed E-state index contributed by atoms with van der Waals surface area (Å²) in [6, 6.07) is 0. The van der Waals surface area contributed by atoms with E-state index in [0.717, 1.165) is 31.6 Å². The van der Waals surface area contributed by atoms with Gasteiger partial charge in [-0.1, -0.05) is 46.3 Å². The van der Waals surface area contributed by atoms with E-state index in [0.29, 0.717) is 11.8 Å². The number of carbonyl (C=O) groups is 3. The highest BCUT2D eigenvalue weighted by molar-refractivity contribution is 5.79. The summed E-state index contributed by atoms with van der Waals surface area (Å²) < 4.78 is 4.17. The van der Waals surface area contributed by atoms with Crippen LogP contribution in [0.25, 0.3) is 0 Å². The lowest BCUT2D eigenvalue weighted by Crippen LogP contribution is -2.04. The molecular weight excluding hydrogens is 312 g/mol. The first-order valence-corrected chi connectivity index (χ1v) is 7.81. The Morgan fingerprint density at radius 1 is 1.08 bits per heavy atom. The first-order chi connectivity index (χ1) is 11.0. The van der Waals surface area contributed by atoms with Gasteiger partial charge >= 0.3 is 17.9 Å². The van der Waals surface area contributed by atoms with Crippen LogP contribution in [0.3, 0.4) is 0 Å². The van der Waals surface area contributed by atoms with Crippen LogP contribution >= 0.6 is 0 Å². The Morgan fingerprint density at radius 2 is 1.62 bits per heavy atom. The normalized spacial score (nSPS) is 9.88. The van der Waals surface area contributed by atoms with Crippen LogP contribution in [0.5, 0.6) is 0 Å². The molecule has 0 aromatic heterocycles. The fraction of sp³-hybridized carbons (Fsp3) is 0.611. The number of ether oxygens (including phenoxy) is 1. The van der Waals surface area contributed by atoms with Crippen molar-refractivity contribution in [2.24, 2.45) is 5.41 Å². The zero-order valence-corrected chi connectivity index (χ0v) is 15.5. The Bertz CT molecular complexity index is 391. The minimum Gasteiger partial charge on any atom is -0.481 e. The van der Waals surface area contributed by atoms with E-state index < -0.39 is 11.9 Å². The van der Waals surface area contributed by atoms with Crippen molar-refractivity contribution in [2.75, 3.05) is 0 Å². The van der Waals surface area contributed by atoms with Crippen LogP contribution < -0.4 is 0 Å². The molecule has 0 aliphatic carbocycles. The lowest BCUT2D eigenvalue weighted by molar-refractivity contribution is -0.137. The van der Waals surface area contributed by atoms with E-state index >= 15 is 0 Å². The Kier molecular flexibility index (Phi) is 19.2. The van der Waals surface area contributed by atoms with Gasteiger partial charge in [-0.05, 0) is 25.2 Å². The second-order valence-corrected chi connectivity index (χ2v) is 6.13. The lowest BCUT2D eigenvalue weighted by atomic mass is 9.89. The van der Waals surface area contributed by atoms with Gasteiger partial charge in [0.05, 0.1) is 6.26 Å². The molecule has 0 aromatic carbocycles. The summed E-state index contributed by atoms with van der Waals surface area (Å²) in [5.74, 6) is -1.90. The molecule has 0 spiro atoms. The van der Waals surface area contributed by atoms with Crippen molar-refractivity contribution in [1.29, 1.82) is 0 Å². The molecule has 0 aliphatic heterocycles. The molecule has 2 N–H and O–H groups in total. The van der Waals surface area contributed by atoms with E-state index in [-0.39, 0.29) is 5.97 Å². The Balaban J connectivity index is -0.000000309. The van der Waals surface area contributed by atoms with Crippen LogP contribution in [-0.4, -0.2) is 28.1 Å². The molecule has 0 unspecified atom stereocenters. The van der Waals surface area contributed by atoms with Gasteiger partial charge in [-0.15, -0.1) is 0 Å². The third kappa shape index (κ3) is 42.7. The predicted octanol–water partition coefficient (Wildman–Crippen LogP) is 4.41. The van der Waals surface area contributed by atoms with Crippen molar-refractivity contribution >= 4 is 17.9 Å². The molecule has 0 radical (unpaired) electrons. The minimum absolute atomic E-state index is 0.324. The highest BCUT2D eigenvalue weighted by atomic mass is 16.5. The number of rotatable bonds is 7. The average Bonchev–Trinajstić information content (AvgIpc) is 2.37. The maximum absolute atomic E-state index is 10.2. The molecular formula is C18H32O6. The number of hydrogen-bond acceptors (Lipinski definition) is 4. The van der Waals surface area contributed by atoms with E-state index in [1.54, 1.807) is 6.92 Å². The van der Waals surface area contributed by atoms with Crippen molar-refractivity contribution < 1.29 is 29.3 Å². The lowest BCUT2D eigenvalue weighted by Gasteiger charge is -2.17. The molecule has 0 rings (SSSR count). The third-order valence-electron chi connectivity index (χ3n) is 2.38. The van der Waals surface area contributed by atoms with E-state index in [2.05, 4.69) is 32.1 Å². The standard InChI is InChI=1S/C10H20O2.2C4H6O2/c1-10(2,3)8-6-4-5-7-9(11)12;1-3-6-4(2)5;1-2-3-4(5)6/h4-8H2,1-3H3,(H,11,12);3H,1H2,2H3;2-3H,1H3,(H,5,6). The van der Waals surface area contributed by atoms with E-state index in [1.807, 2.05) is 0 Å². The number of allylic oxidation sites excluding steroid dienone is 1. The molecule has 0 atom stereocenters. The van der Waals surface area contributed by atoms with Crippen molar-refractivity contribution in [3.8, 4) is 0 Å². The minimum atomic E-state index is -0.891. The second kappa shape index (κ2) is 17.2. The SMILES string of the molecule is C=COC(C)=O.CC(C)(C)CCCCCC(=O)O.CC=CC(=O)O. The first kappa shape index (κ1) is 26.8. The maximum atomic E-state index is 10.2. The summed E-state index contributed by atoms with van der Waals surface area (Å²) in [7, 11) is 0. The number of carboxylic acids is 2. The van der Waals surface area contributed by atoms with E-state index in [4.69, 9.17) is 10.2 Å². The molecule has 24 heavy (non-hydrogen) atoms. The number of carbonyl (C=O) groups excluding carboxylic acids is 1. The van der Waals surface area contributed by atoms with Gasteiger partial charge in [0, 0.05) is 19.4 Å². The molecule has 0 aromatic rings. The summed E-state index contributed by atoms with van der Waals surface area (Å²) in [4.78, 5) is 29.4. The number of esters is 1. The van der Waals surface area contributed by atoms with Crippen LogP contribution in [-0.2, 0) is 19.1 Å². The molecule has 0 amide bonds. The zero-order chi connectivity index (χ0) is 19.6. The molecule has 0 saturated heterocycles. The van der Waals surface area contributed by atoms with Gasteiger partial charge < -0.3 is 14.9 Å². The van der Waals surface area contributed by atoms with Crippen LogP contribution in [0, 0.1) is 5.41 Å². The smallest absolute Gasteiger partial charge is 0.327 e. The topological polar surface area (TPSA) is 101 Å². The summed E-state index contributed by atoms with van der Waals surface area (Å²) in [6.07, 6.45) is 8.19. The summed E-state index contributed by atoms with van der Waals surface area (Å²) in [6.45, 7) is 12.8. The molecule has 6 nitrogen and oxygen atoms in total. The summed E-state index contributed by atoms with van der Waals surface area (Å²) in [5.41, 5.74) is 0.392. The van der Waals surface area contributed by atoms with Gasteiger partial charge in [0.2, 0.25) is 0 Å². The van der Waals surface area contributed by atoms with E-state index in [1.165, 1.54) is 19.4 Å². The van der Waals surface area contributed by atoms with Crippen LogP contribution in [0.15, 0.2) is 25.0 Å². The summed E-state index contributed by atoms with van der Waals surface area (Å²) in [5, 5.41) is 16.2. The number of hydrogen-bond donors (Lipinski definition) is 2. The number of aliphatic carboxylic acids is 2. The highest BCUT2D eigenvalue weighted by Crippen LogP contribution is 2.22. The molecule has 0 bridgehead atoms. The van der Waals surface area contributed by atoms with Crippen LogP contribution in [0.1, 0.15) is 66.7 Å². The molecule has 0 saturated carbocycles. The quantitative estimate of drug-likeness (QED) is 0.307. The Morgan fingerprint density at radius 3 is 1.83 bits per heavy atom. The van der Waals surface area contributed by atoms with Gasteiger partial charge in [-0.25, -0.2) is 4.79 Å². The van der Waals surface area contributed by atoms with Crippen molar-refractivity contribution in [3.63, 3.8) is 0 Å². The molecule has 0 fully saturated rings. The molecule has 0 aliphatic rings. The monoisotopic (exact) mass is 344 g/mol. The van der Waals surface area contributed by atoms with Crippen LogP contribution in [0.4, 0.5) is 0 Å². The third-order valence-corrected chi connectivity index (χ3v) is 2.38. The Labute approximate surface area is 145 Å². The molecule has 6 heteroatoms. The first-order valence-electron chi connectivity index (χ1n) is 7.81. The van der Waals surface area contributed by atoms with Crippen LogP contribution in [0.2, 0.25) is 0 Å². The average molecular weight is 344 g/mol. The van der Waals surface area contributed by atoms with Gasteiger partial charge in [-0.2, -0.15) is 0 Å². The van der Waals surface area contributed by atoms with Gasteiger partial charge in [0.25, 0.3) is 0 Å². The van der Waals surface area contributed by atoms with Gasteiger partial charge in [-0.3, -0.25) is 9.59 Å². The fourth-order valence-corrected chi connectivity index (χ4v) is 1.37. The zero-order valence-electron chi connectivity index (χ0n) is 15.5. The molecule has 140 valence electrons. The van der Waals surface area contributed by atoms with Crippen molar-refractivity contribution in [3.05, 3.63) is 25.0 Å². The number of carboxylic acid groups (broad SMARTS) is 2. The number of unbranched alkanes of at least 4 members (excludes halogenated alkanes) is 2. The van der Waals surface area contributed by atoms with Crippen molar-refractivity contribution in [2.45, 2.75) is 66.7 Å². The maximum Gasteiger partial charge on any atom is 0.327 e.